The van der Waals surface area contributed by atoms with Gasteiger partial charge in [-0.05, 0) is 62.1 Å². The average molecular weight is 429 g/mol. The largest absolute Gasteiger partial charge is 0.236 e. The summed E-state index contributed by atoms with van der Waals surface area (Å²) in [5.41, 5.74) is 1.15. The normalized spacial score (nSPS) is 18.5. The van der Waals surface area contributed by atoms with Gasteiger partial charge in [-0.2, -0.15) is 0 Å². The second kappa shape index (κ2) is 10.7. The lowest BCUT2D eigenvalue weighted by atomic mass is 9.82. The first kappa shape index (κ1) is 22.4. The Hall–Kier alpha value is -2.25. The van der Waals surface area contributed by atoms with E-state index in [0.717, 1.165) is 56.9 Å². The summed E-state index contributed by atoms with van der Waals surface area (Å²) < 4.78 is 29.2. The third kappa shape index (κ3) is 5.89. The van der Waals surface area contributed by atoms with Crippen LogP contribution in [-0.2, 0) is 6.42 Å². The van der Waals surface area contributed by atoms with E-state index in [4.69, 9.17) is 11.6 Å². The summed E-state index contributed by atoms with van der Waals surface area (Å²) >= 11 is 5.98. The molecule has 1 aromatic carbocycles. The van der Waals surface area contributed by atoms with Crippen molar-refractivity contribution in [2.24, 2.45) is 11.8 Å². The van der Waals surface area contributed by atoms with E-state index in [1.807, 2.05) is 0 Å². The number of benzene rings is 1. The van der Waals surface area contributed by atoms with E-state index in [-0.39, 0.29) is 11.5 Å². The summed E-state index contributed by atoms with van der Waals surface area (Å²) in [7, 11) is 0. The molecule has 1 fully saturated rings. The van der Waals surface area contributed by atoms with Gasteiger partial charge in [0, 0.05) is 28.9 Å². The number of aromatic nitrogens is 2. The van der Waals surface area contributed by atoms with E-state index in [2.05, 4.69) is 35.3 Å². The summed E-state index contributed by atoms with van der Waals surface area (Å²) in [6, 6.07) is 2.52. The van der Waals surface area contributed by atoms with E-state index in [0.29, 0.717) is 22.3 Å². The molecular weight excluding hydrogens is 402 g/mol. The van der Waals surface area contributed by atoms with Crippen molar-refractivity contribution in [2.45, 2.75) is 58.3 Å². The molecule has 1 heterocycles. The SMILES string of the molecule is C=C(Cl)C1CCC(C#Cc2c(F)cc(-c3ncc(CCCCC)cn3)cc2F)CC1. The molecule has 0 amide bonds. The van der Waals surface area contributed by atoms with Crippen LogP contribution in [0, 0.1) is 35.3 Å². The van der Waals surface area contributed by atoms with E-state index >= 15 is 0 Å². The first-order chi connectivity index (χ1) is 14.5. The minimum Gasteiger partial charge on any atom is -0.236 e. The summed E-state index contributed by atoms with van der Waals surface area (Å²) in [5, 5.41) is 0.685. The van der Waals surface area contributed by atoms with Crippen LogP contribution in [0.15, 0.2) is 36.1 Å². The highest BCUT2D eigenvalue weighted by molar-refractivity contribution is 6.29. The van der Waals surface area contributed by atoms with Crippen LogP contribution in [0.1, 0.15) is 63.0 Å². The maximum Gasteiger partial charge on any atom is 0.159 e. The van der Waals surface area contributed by atoms with Crippen molar-refractivity contribution < 1.29 is 8.78 Å². The Kier molecular flexibility index (Phi) is 7.99. The third-order valence-corrected chi connectivity index (χ3v) is 5.95. The molecule has 0 saturated heterocycles. The van der Waals surface area contributed by atoms with Crippen LogP contribution in [0.2, 0.25) is 0 Å². The lowest BCUT2D eigenvalue weighted by molar-refractivity contribution is 0.361. The summed E-state index contributed by atoms with van der Waals surface area (Å²) in [4.78, 5) is 8.56. The Labute approximate surface area is 182 Å². The van der Waals surface area contributed by atoms with Gasteiger partial charge >= 0.3 is 0 Å². The highest BCUT2D eigenvalue weighted by atomic mass is 35.5. The van der Waals surface area contributed by atoms with Crippen LogP contribution < -0.4 is 0 Å². The first-order valence-corrected chi connectivity index (χ1v) is 11.0. The molecule has 1 aromatic heterocycles. The van der Waals surface area contributed by atoms with Gasteiger partial charge in [-0.15, -0.1) is 0 Å². The predicted octanol–water partition coefficient (Wildman–Crippen LogP) is 7.06. The van der Waals surface area contributed by atoms with Gasteiger partial charge in [-0.1, -0.05) is 49.8 Å². The van der Waals surface area contributed by atoms with Crippen molar-refractivity contribution in [3.63, 3.8) is 0 Å². The second-order valence-corrected chi connectivity index (χ2v) is 8.44. The maximum absolute atomic E-state index is 14.6. The van der Waals surface area contributed by atoms with Gasteiger partial charge in [-0.3, -0.25) is 0 Å². The first-order valence-electron chi connectivity index (χ1n) is 10.6. The Morgan fingerprint density at radius 1 is 1.10 bits per heavy atom. The van der Waals surface area contributed by atoms with Crippen molar-refractivity contribution in [1.82, 2.24) is 9.97 Å². The fourth-order valence-corrected chi connectivity index (χ4v) is 3.98. The number of rotatable bonds is 6. The zero-order valence-corrected chi connectivity index (χ0v) is 18.1. The standard InChI is InChI=1S/C25H27ClF2N2/c1-3-4-5-6-19-15-29-25(30-16-19)21-13-23(27)22(24(28)14-21)12-9-18-7-10-20(11-8-18)17(2)26/h13-16,18,20H,2-8,10-11H2,1H3. The molecule has 0 bridgehead atoms. The number of halogens is 3. The number of unbranched alkanes of at least 4 members (excludes halogenated alkanes) is 2. The molecule has 30 heavy (non-hydrogen) atoms. The molecule has 0 aliphatic heterocycles. The molecule has 0 unspecified atom stereocenters. The van der Waals surface area contributed by atoms with Crippen LogP contribution in [0.3, 0.4) is 0 Å². The molecule has 2 nitrogen and oxygen atoms in total. The average Bonchev–Trinajstić information content (AvgIpc) is 2.74. The monoisotopic (exact) mass is 428 g/mol. The molecule has 0 atom stereocenters. The van der Waals surface area contributed by atoms with Gasteiger partial charge in [-0.25, -0.2) is 18.7 Å². The van der Waals surface area contributed by atoms with Crippen LogP contribution in [-0.4, -0.2) is 9.97 Å². The van der Waals surface area contributed by atoms with Crippen LogP contribution in [0.5, 0.6) is 0 Å². The molecule has 2 aromatic rings. The van der Waals surface area contributed by atoms with Gasteiger partial charge in [0.2, 0.25) is 0 Å². The minimum atomic E-state index is -0.684. The third-order valence-electron chi connectivity index (χ3n) is 5.65. The highest BCUT2D eigenvalue weighted by Gasteiger charge is 2.21. The predicted molar refractivity (Wildman–Crippen MR) is 118 cm³/mol. The van der Waals surface area contributed by atoms with Crippen molar-refractivity contribution in [1.29, 1.82) is 0 Å². The number of nitrogens with zero attached hydrogens (tertiary/aromatic N) is 2. The number of aryl methyl sites for hydroxylation is 1. The fourth-order valence-electron chi connectivity index (χ4n) is 3.76. The molecule has 0 N–H and O–H groups in total. The maximum atomic E-state index is 14.6. The molecule has 158 valence electrons. The molecule has 1 aliphatic rings. The number of hydrogen-bond donors (Lipinski definition) is 0. The molecular formula is C25H27ClF2N2. The molecule has 0 spiro atoms. The van der Waals surface area contributed by atoms with Crippen molar-refractivity contribution in [2.75, 3.05) is 0 Å². The van der Waals surface area contributed by atoms with Crippen molar-refractivity contribution in [3.05, 3.63) is 58.9 Å². The van der Waals surface area contributed by atoms with Gasteiger partial charge in [0.05, 0.1) is 5.56 Å². The Balaban J connectivity index is 1.70. The lowest BCUT2D eigenvalue weighted by Crippen LogP contribution is -2.13. The van der Waals surface area contributed by atoms with Crippen molar-refractivity contribution >= 4 is 11.6 Å². The van der Waals surface area contributed by atoms with E-state index in [9.17, 15) is 8.78 Å². The smallest absolute Gasteiger partial charge is 0.159 e. The van der Waals surface area contributed by atoms with Crippen LogP contribution in [0.25, 0.3) is 11.4 Å². The Morgan fingerprint density at radius 2 is 1.73 bits per heavy atom. The molecule has 0 radical (unpaired) electrons. The Bertz CT molecular complexity index is 913. The fraction of sp³-hybridized carbons (Fsp3) is 0.440. The Morgan fingerprint density at radius 3 is 2.30 bits per heavy atom. The summed E-state index contributed by atoms with van der Waals surface area (Å²) in [5.74, 6) is 5.13. The van der Waals surface area contributed by atoms with Gasteiger partial charge in [0.1, 0.15) is 11.6 Å². The van der Waals surface area contributed by atoms with Crippen LogP contribution >= 0.6 is 11.6 Å². The molecule has 5 heteroatoms. The topological polar surface area (TPSA) is 25.8 Å². The van der Waals surface area contributed by atoms with E-state index in [1.165, 1.54) is 12.1 Å². The zero-order valence-electron chi connectivity index (χ0n) is 17.4. The molecule has 3 rings (SSSR count). The second-order valence-electron chi connectivity index (χ2n) is 7.95. The van der Waals surface area contributed by atoms with Gasteiger partial charge < -0.3 is 0 Å². The van der Waals surface area contributed by atoms with Gasteiger partial charge in [0.25, 0.3) is 0 Å². The summed E-state index contributed by atoms with van der Waals surface area (Å²) in [6.07, 6.45) is 11.3. The van der Waals surface area contributed by atoms with Gasteiger partial charge in [0.15, 0.2) is 5.82 Å². The van der Waals surface area contributed by atoms with Crippen molar-refractivity contribution in [3.8, 4) is 23.2 Å². The van der Waals surface area contributed by atoms with E-state index in [1.54, 1.807) is 12.4 Å². The number of allylic oxidation sites excluding steroid dienone is 1. The molecule has 1 aliphatic carbocycles. The quantitative estimate of drug-likeness (QED) is 0.363. The van der Waals surface area contributed by atoms with Crippen LogP contribution in [0.4, 0.5) is 8.78 Å². The lowest BCUT2D eigenvalue weighted by Gasteiger charge is -2.24. The zero-order chi connectivity index (χ0) is 21.5. The summed E-state index contributed by atoms with van der Waals surface area (Å²) in [6.45, 7) is 5.95. The highest BCUT2D eigenvalue weighted by Crippen LogP contribution is 2.34. The van der Waals surface area contributed by atoms with E-state index < -0.39 is 11.6 Å². The molecule has 1 saturated carbocycles. The minimum absolute atomic E-state index is 0.124. The number of hydrogen-bond acceptors (Lipinski definition) is 2.